The van der Waals surface area contributed by atoms with Crippen LogP contribution in [0.15, 0.2) is 90.0 Å². The van der Waals surface area contributed by atoms with Crippen LogP contribution in [-0.2, 0) is 0 Å². The Morgan fingerprint density at radius 3 is 2.42 bits per heavy atom. The fourth-order valence-corrected chi connectivity index (χ4v) is 4.85. The largest absolute Gasteiger partial charge is 0.340 e. The van der Waals surface area contributed by atoms with Gasteiger partial charge in [-0.05, 0) is 55.3 Å². The first-order chi connectivity index (χ1) is 16.2. The third-order valence-corrected chi connectivity index (χ3v) is 6.70. The zero-order valence-electron chi connectivity index (χ0n) is 18.5. The molecule has 0 bridgehead atoms. The predicted octanol–water partition coefficient (Wildman–Crippen LogP) is 5.53. The first kappa shape index (κ1) is 21.7. The Hall–Kier alpha value is -3.15. The molecule has 0 aliphatic carbocycles. The van der Waals surface area contributed by atoms with E-state index in [0.717, 1.165) is 60.9 Å². The molecule has 0 atom stereocenters. The molecule has 0 amide bonds. The van der Waals surface area contributed by atoms with E-state index in [9.17, 15) is 4.79 Å². The summed E-state index contributed by atoms with van der Waals surface area (Å²) in [6, 6.07) is 26.2. The summed E-state index contributed by atoms with van der Waals surface area (Å²) in [5, 5.41) is 1.44. The number of hydrogen-bond donors (Lipinski definition) is 0. The van der Waals surface area contributed by atoms with E-state index in [2.05, 4.69) is 45.1 Å². The zero-order valence-corrected chi connectivity index (χ0v) is 19.2. The summed E-state index contributed by atoms with van der Waals surface area (Å²) in [5.41, 5.74) is 3.08. The molecule has 3 aromatic carbocycles. The lowest BCUT2D eigenvalue weighted by molar-refractivity contribution is 0.188. The summed E-state index contributed by atoms with van der Waals surface area (Å²) in [4.78, 5) is 22.3. The van der Waals surface area contributed by atoms with Gasteiger partial charge in [-0.3, -0.25) is 9.36 Å². The number of rotatable bonds is 6. The van der Waals surface area contributed by atoms with Crippen molar-refractivity contribution >= 4 is 33.9 Å². The molecule has 1 aliphatic heterocycles. The number of para-hydroxylation sites is 2. The molecule has 2 heterocycles. The summed E-state index contributed by atoms with van der Waals surface area (Å²) in [6.45, 7) is 3.73. The van der Waals surface area contributed by atoms with Crippen LogP contribution in [0.2, 0.25) is 5.02 Å². The molecular weight excluding hydrogens is 432 g/mol. The van der Waals surface area contributed by atoms with E-state index in [0.29, 0.717) is 5.39 Å². The van der Waals surface area contributed by atoms with E-state index in [1.54, 1.807) is 6.33 Å². The van der Waals surface area contributed by atoms with Gasteiger partial charge in [0, 0.05) is 48.6 Å². The summed E-state index contributed by atoms with van der Waals surface area (Å²) < 4.78 is 1.84. The van der Waals surface area contributed by atoms with E-state index in [1.165, 1.54) is 0 Å². The fraction of sp³-hybridized carbons (Fsp3) is 0.259. The highest BCUT2D eigenvalue weighted by Crippen LogP contribution is 2.28. The Labute approximate surface area is 198 Å². The second kappa shape index (κ2) is 9.77. The summed E-state index contributed by atoms with van der Waals surface area (Å²) in [7, 11) is 0. The van der Waals surface area contributed by atoms with Gasteiger partial charge in [0.15, 0.2) is 0 Å². The number of hydrogen-bond acceptors (Lipinski definition) is 4. The van der Waals surface area contributed by atoms with E-state index in [1.807, 2.05) is 53.1 Å². The lowest BCUT2D eigenvalue weighted by atomic mass is 10.0. The Kier molecular flexibility index (Phi) is 6.42. The van der Waals surface area contributed by atoms with E-state index in [-0.39, 0.29) is 11.6 Å². The zero-order chi connectivity index (χ0) is 22.6. The molecule has 1 aliphatic rings. The minimum absolute atomic E-state index is 0.0651. The van der Waals surface area contributed by atoms with Crippen LogP contribution in [0.5, 0.6) is 0 Å². The maximum absolute atomic E-state index is 13.0. The smallest absolute Gasteiger partial charge is 0.261 e. The summed E-state index contributed by atoms with van der Waals surface area (Å²) in [5.74, 6) is 0. The predicted molar refractivity (Wildman–Crippen MR) is 136 cm³/mol. The SMILES string of the molecule is O=c1c2ccccc2ncn1C1CCN(CCN(c2ccccc2)c2cccc(Cl)c2)CC1. The maximum Gasteiger partial charge on any atom is 0.261 e. The highest BCUT2D eigenvalue weighted by Gasteiger charge is 2.22. The highest BCUT2D eigenvalue weighted by molar-refractivity contribution is 6.30. The lowest BCUT2D eigenvalue weighted by Gasteiger charge is -2.34. The number of fused-ring (bicyclic) bond motifs is 1. The van der Waals surface area contributed by atoms with Gasteiger partial charge in [0.05, 0.1) is 17.2 Å². The maximum atomic E-state index is 13.0. The van der Waals surface area contributed by atoms with Crippen molar-refractivity contribution < 1.29 is 0 Å². The van der Waals surface area contributed by atoms with Crippen molar-refractivity contribution in [1.29, 1.82) is 0 Å². The second-order valence-corrected chi connectivity index (χ2v) is 8.95. The van der Waals surface area contributed by atoms with Crippen molar-refractivity contribution in [2.24, 2.45) is 0 Å². The van der Waals surface area contributed by atoms with Crippen molar-refractivity contribution in [1.82, 2.24) is 14.5 Å². The molecule has 4 aromatic rings. The Balaban J connectivity index is 1.26. The Morgan fingerprint density at radius 2 is 1.64 bits per heavy atom. The Bertz CT molecular complexity index is 1280. The quantitative estimate of drug-likeness (QED) is 0.381. The van der Waals surface area contributed by atoms with E-state index in [4.69, 9.17) is 11.6 Å². The van der Waals surface area contributed by atoms with Gasteiger partial charge in [-0.2, -0.15) is 0 Å². The van der Waals surface area contributed by atoms with Crippen molar-refractivity contribution in [2.45, 2.75) is 18.9 Å². The first-order valence-electron chi connectivity index (χ1n) is 11.5. The number of likely N-dealkylation sites (tertiary alicyclic amines) is 1. The fourth-order valence-electron chi connectivity index (χ4n) is 4.66. The van der Waals surface area contributed by atoms with E-state index < -0.39 is 0 Å². The van der Waals surface area contributed by atoms with Gasteiger partial charge < -0.3 is 9.80 Å². The standard InChI is InChI=1S/C27H27ClN4O/c28-21-7-6-10-24(19-21)31(22-8-2-1-3-9-22)18-17-30-15-13-23(14-16-30)32-20-29-26-12-5-4-11-25(26)27(32)33/h1-12,19-20,23H,13-18H2. The van der Waals surface area contributed by atoms with Crippen LogP contribution in [0.4, 0.5) is 11.4 Å². The van der Waals surface area contributed by atoms with Crippen LogP contribution in [-0.4, -0.2) is 40.6 Å². The molecular formula is C27H27ClN4O. The second-order valence-electron chi connectivity index (χ2n) is 8.51. The molecule has 0 spiro atoms. The number of anilines is 2. The minimum atomic E-state index is 0.0651. The molecule has 0 N–H and O–H groups in total. The summed E-state index contributed by atoms with van der Waals surface area (Å²) in [6.07, 6.45) is 3.62. The van der Waals surface area contributed by atoms with Gasteiger partial charge in [-0.25, -0.2) is 4.98 Å². The van der Waals surface area contributed by atoms with Gasteiger partial charge in [-0.15, -0.1) is 0 Å². The highest BCUT2D eigenvalue weighted by atomic mass is 35.5. The number of benzene rings is 3. The van der Waals surface area contributed by atoms with Crippen LogP contribution >= 0.6 is 11.6 Å². The number of aromatic nitrogens is 2. The van der Waals surface area contributed by atoms with Crippen molar-refractivity contribution in [3.63, 3.8) is 0 Å². The minimum Gasteiger partial charge on any atom is -0.340 e. The van der Waals surface area contributed by atoms with E-state index >= 15 is 0 Å². The van der Waals surface area contributed by atoms with Crippen molar-refractivity contribution in [3.8, 4) is 0 Å². The van der Waals surface area contributed by atoms with Gasteiger partial charge in [-0.1, -0.05) is 48.0 Å². The van der Waals surface area contributed by atoms with Crippen LogP contribution in [0.1, 0.15) is 18.9 Å². The molecule has 1 aromatic heterocycles. The summed E-state index contributed by atoms with van der Waals surface area (Å²) >= 11 is 6.28. The van der Waals surface area contributed by atoms with Gasteiger partial charge in [0.25, 0.3) is 5.56 Å². The average Bonchev–Trinajstić information content (AvgIpc) is 2.86. The topological polar surface area (TPSA) is 41.4 Å². The molecule has 1 saturated heterocycles. The van der Waals surface area contributed by atoms with Gasteiger partial charge in [0.2, 0.25) is 0 Å². The van der Waals surface area contributed by atoms with Crippen molar-refractivity contribution in [2.75, 3.05) is 31.1 Å². The molecule has 5 nitrogen and oxygen atoms in total. The molecule has 33 heavy (non-hydrogen) atoms. The third-order valence-electron chi connectivity index (χ3n) is 6.47. The number of nitrogens with zero attached hydrogens (tertiary/aromatic N) is 4. The molecule has 0 unspecified atom stereocenters. The molecule has 0 saturated carbocycles. The third kappa shape index (κ3) is 4.80. The van der Waals surface area contributed by atoms with Crippen LogP contribution < -0.4 is 10.5 Å². The molecule has 5 rings (SSSR count). The van der Waals surface area contributed by atoms with Crippen LogP contribution in [0.25, 0.3) is 10.9 Å². The van der Waals surface area contributed by atoms with Crippen LogP contribution in [0.3, 0.4) is 0 Å². The molecule has 6 heteroatoms. The molecule has 168 valence electrons. The lowest BCUT2D eigenvalue weighted by Crippen LogP contribution is -2.40. The number of halogens is 1. The normalized spacial score (nSPS) is 15.1. The first-order valence-corrected chi connectivity index (χ1v) is 11.8. The Morgan fingerprint density at radius 1 is 0.909 bits per heavy atom. The average molecular weight is 459 g/mol. The van der Waals surface area contributed by atoms with Crippen LogP contribution in [0, 0.1) is 0 Å². The molecule has 1 fully saturated rings. The van der Waals surface area contributed by atoms with Gasteiger partial charge >= 0.3 is 0 Å². The number of piperidine rings is 1. The van der Waals surface area contributed by atoms with Crippen molar-refractivity contribution in [3.05, 3.63) is 101 Å². The molecule has 0 radical (unpaired) electrons. The monoisotopic (exact) mass is 458 g/mol. The van der Waals surface area contributed by atoms with Gasteiger partial charge in [0.1, 0.15) is 0 Å².